The fourth-order valence-corrected chi connectivity index (χ4v) is 2.02. The second kappa shape index (κ2) is 5.36. The molecule has 0 bridgehead atoms. The van der Waals surface area contributed by atoms with Crippen LogP contribution >= 0.6 is 11.6 Å². The Kier molecular flexibility index (Phi) is 3.94. The minimum Gasteiger partial charge on any atom is -0.326 e. The van der Waals surface area contributed by atoms with E-state index in [1.807, 2.05) is 18.4 Å². The summed E-state index contributed by atoms with van der Waals surface area (Å²) < 4.78 is 40.0. The van der Waals surface area contributed by atoms with Gasteiger partial charge in [-0.2, -0.15) is 13.2 Å². The first kappa shape index (κ1) is 14.7. The van der Waals surface area contributed by atoms with Crippen molar-refractivity contribution in [1.82, 2.24) is 9.55 Å². The lowest BCUT2D eigenvalue weighted by Crippen LogP contribution is -2.08. The normalized spacial score (nSPS) is 11.9. The van der Waals surface area contributed by atoms with Crippen molar-refractivity contribution in [2.45, 2.75) is 26.1 Å². The monoisotopic (exact) mass is 303 g/mol. The summed E-state index contributed by atoms with van der Waals surface area (Å²) in [5.41, 5.74) is -0.548. The van der Waals surface area contributed by atoms with E-state index in [9.17, 15) is 13.2 Å². The molecule has 20 heavy (non-hydrogen) atoms. The van der Waals surface area contributed by atoms with Gasteiger partial charge in [0.1, 0.15) is 0 Å². The molecule has 108 valence electrons. The largest absolute Gasteiger partial charge is 0.416 e. The highest BCUT2D eigenvalue weighted by Crippen LogP contribution is 2.34. The minimum atomic E-state index is -4.44. The summed E-state index contributed by atoms with van der Waals surface area (Å²) in [4.78, 5) is 4.08. The van der Waals surface area contributed by atoms with Crippen LogP contribution in [-0.2, 0) is 6.18 Å². The van der Waals surface area contributed by atoms with E-state index in [-0.39, 0.29) is 16.8 Å². The summed E-state index contributed by atoms with van der Waals surface area (Å²) in [5.74, 6) is 0.468. The molecule has 2 rings (SSSR count). The maximum Gasteiger partial charge on any atom is 0.416 e. The Hall–Kier alpha value is -1.69. The van der Waals surface area contributed by atoms with Crippen molar-refractivity contribution in [3.05, 3.63) is 41.2 Å². The second-order valence-corrected chi connectivity index (χ2v) is 5.04. The average molecular weight is 304 g/mol. The highest BCUT2D eigenvalue weighted by Gasteiger charge is 2.31. The zero-order chi connectivity index (χ0) is 14.9. The molecular formula is C13H13ClF3N3. The summed E-state index contributed by atoms with van der Waals surface area (Å²) in [6.07, 6.45) is -1.10. The molecule has 0 saturated carbocycles. The molecule has 1 aromatic carbocycles. The summed E-state index contributed by atoms with van der Waals surface area (Å²) in [7, 11) is 0. The molecule has 0 fully saturated rings. The van der Waals surface area contributed by atoms with Crippen molar-refractivity contribution in [3.8, 4) is 0 Å². The van der Waals surface area contributed by atoms with E-state index in [0.717, 1.165) is 12.1 Å². The fraction of sp³-hybridized carbons (Fsp3) is 0.308. The number of halogens is 4. The van der Waals surface area contributed by atoms with Gasteiger partial charge in [0.2, 0.25) is 5.95 Å². The molecule has 0 unspecified atom stereocenters. The van der Waals surface area contributed by atoms with Gasteiger partial charge in [0.05, 0.1) is 5.56 Å². The van der Waals surface area contributed by atoms with Gasteiger partial charge in [0.25, 0.3) is 0 Å². The van der Waals surface area contributed by atoms with Crippen molar-refractivity contribution in [2.24, 2.45) is 0 Å². The minimum absolute atomic E-state index is 0.0185. The lowest BCUT2D eigenvalue weighted by atomic mass is 10.2. The maximum absolute atomic E-state index is 12.7. The number of benzene rings is 1. The van der Waals surface area contributed by atoms with Gasteiger partial charge in [-0.25, -0.2) is 4.98 Å². The number of nitrogens with zero attached hydrogens (tertiary/aromatic N) is 2. The molecular weight excluding hydrogens is 291 g/mol. The standard InChI is InChI=1S/C13H13ClF3N3/c1-8(2)20-4-3-18-12(20)19-11-6-9(13(15,16)17)5-10(14)7-11/h3-8H,1-2H3,(H,18,19). The van der Waals surface area contributed by atoms with E-state index >= 15 is 0 Å². The maximum atomic E-state index is 12.7. The van der Waals surface area contributed by atoms with Crippen LogP contribution in [0.25, 0.3) is 0 Å². The Balaban J connectivity index is 2.34. The van der Waals surface area contributed by atoms with E-state index in [1.54, 1.807) is 12.4 Å². The van der Waals surface area contributed by atoms with Gasteiger partial charge in [-0.05, 0) is 32.0 Å². The zero-order valence-electron chi connectivity index (χ0n) is 10.9. The fourth-order valence-electron chi connectivity index (χ4n) is 1.78. The number of nitrogens with one attached hydrogen (secondary N) is 1. The Morgan fingerprint density at radius 2 is 1.95 bits per heavy atom. The first-order valence-corrected chi connectivity index (χ1v) is 6.33. The van der Waals surface area contributed by atoms with Crippen LogP contribution in [0.5, 0.6) is 0 Å². The van der Waals surface area contributed by atoms with Crippen molar-refractivity contribution in [2.75, 3.05) is 5.32 Å². The van der Waals surface area contributed by atoms with Crippen molar-refractivity contribution in [3.63, 3.8) is 0 Å². The lowest BCUT2D eigenvalue weighted by Gasteiger charge is -2.14. The van der Waals surface area contributed by atoms with E-state index in [1.165, 1.54) is 6.07 Å². The van der Waals surface area contributed by atoms with Gasteiger partial charge in [-0.3, -0.25) is 0 Å². The Morgan fingerprint density at radius 3 is 2.55 bits per heavy atom. The van der Waals surface area contributed by atoms with Gasteiger partial charge in [0.15, 0.2) is 0 Å². The number of alkyl halides is 3. The van der Waals surface area contributed by atoms with Gasteiger partial charge in [-0.1, -0.05) is 11.6 Å². The number of imidazole rings is 1. The molecule has 2 aromatic rings. The Morgan fingerprint density at radius 1 is 1.25 bits per heavy atom. The van der Waals surface area contributed by atoms with Crippen molar-refractivity contribution < 1.29 is 13.2 Å². The van der Waals surface area contributed by atoms with Crippen LogP contribution in [0.1, 0.15) is 25.5 Å². The van der Waals surface area contributed by atoms with E-state index in [2.05, 4.69) is 10.3 Å². The number of anilines is 2. The van der Waals surface area contributed by atoms with Crippen LogP contribution in [0, 0.1) is 0 Å². The summed E-state index contributed by atoms with van der Waals surface area (Å²) in [5, 5.41) is 2.87. The molecule has 1 aromatic heterocycles. The number of hydrogen-bond acceptors (Lipinski definition) is 2. The van der Waals surface area contributed by atoms with Crippen LogP contribution in [0.15, 0.2) is 30.6 Å². The third-order valence-corrected chi connectivity index (χ3v) is 2.92. The first-order valence-electron chi connectivity index (χ1n) is 5.95. The first-order chi connectivity index (χ1) is 9.27. The zero-order valence-corrected chi connectivity index (χ0v) is 11.6. The van der Waals surface area contributed by atoms with Crippen LogP contribution in [0.4, 0.5) is 24.8 Å². The number of rotatable bonds is 3. The summed E-state index contributed by atoms with van der Waals surface area (Å²) in [6.45, 7) is 3.90. The highest BCUT2D eigenvalue weighted by molar-refractivity contribution is 6.31. The SMILES string of the molecule is CC(C)n1ccnc1Nc1cc(Cl)cc(C(F)(F)F)c1. The Labute approximate surface area is 119 Å². The van der Waals surface area contributed by atoms with Crippen LogP contribution in [0.2, 0.25) is 5.02 Å². The van der Waals surface area contributed by atoms with Gasteiger partial charge < -0.3 is 9.88 Å². The molecule has 3 nitrogen and oxygen atoms in total. The molecule has 0 spiro atoms. The average Bonchev–Trinajstić information content (AvgIpc) is 2.75. The predicted octanol–water partition coefficient (Wildman–Crippen LogP) is 4.88. The van der Waals surface area contributed by atoms with E-state index in [0.29, 0.717) is 5.95 Å². The van der Waals surface area contributed by atoms with Crippen LogP contribution in [0.3, 0.4) is 0 Å². The molecule has 1 heterocycles. The predicted molar refractivity (Wildman–Crippen MR) is 72.3 cm³/mol. The van der Waals surface area contributed by atoms with Crippen LogP contribution < -0.4 is 5.32 Å². The second-order valence-electron chi connectivity index (χ2n) is 4.60. The van der Waals surface area contributed by atoms with E-state index in [4.69, 9.17) is 11.6 Å². The molecule has 0 aliphatic rings. The van der Waals surface area contributed by atoms with Gasteiger partial charge in [-0.15, -0.1) is 0 Å². The molecule has 0 amide bonds. The molecule has 0 aliphatic carbocycles. The summed E-state index contributed by atoms with van der Waals surface area (Å²) in [6, 6.07) is 3.46. The highest BCUT2D eigenvalue weighted by atomic mass is 35.5. The molecule has 0 aliphatic heterocycles. The molecule has 0 atom stereocenters. The molecule has 1 N–H and O–H groups in total. The van der Waals surface area contributed by atoms with Crippen LogP contribution in [-0.4, -0.2) is 9.55 Å². The number of aromatic nitrogens is 2. The van der Waals surface area contributed by atoms with Gasteiger partial charge in [0, 0.05) is 29.1 Å². The number of hydrogen-bond donors (Lipinski definition) is 1. The lowest BCUT2D eigenvalue weighted by molar-refractivity contribution is -0.137. The van der Waals surface area contributed by atoms with Crippen molar-refractivity contribution in [1.29, 1.82) is 0 Å². The smallest absolute Gasteiger partial charge is 0.326 e. The molecule has 0 radical (unpaired) electrons. The molecule has 7 heteroatoms. The quantitative estimate of drug-likeness (QED) is 0.875. The molecule has 0 saturated heterocycles. The van der Waals surface area contributed by atoms with Crippen molar-refractivity contribution >= 4 is 23.2 Å². The van der Waals surface area contributed by atoms with Gasteiger partial charge >= 0.3 is 6.18 Å². The Bertz CT molecular complexity index is 605. The third kappa shape index (κ3) is 3.25. The summed E-state index contributed by atoms with van der Waals surface area (Å²) >= 11 is 5.73. The third-order valence-electron chi connectivity index (χ3n) is 2.71. The topological polar surface area (TPSA) is 29.9 Å². The van der Waals surface area contributed by atoms with E-state index < -0.39 is 11.7 Å².